The van der Waals surface area contributed by atoms with Crippen LogP contribution in [0.2, 0.25) is 0 Å². The second-order valence-electron chi connectivity index (χ2n) is 4.68. The van der Waals surface area contributed by atoms with Crippen molar-refractivity contribution < 1.29 is 22.7 Å². The number of hydrogen-bond acceptors (Lipinski definition) is 4. The summed E-state index contributed by atoms with van der Waals surface area (Å²) in [6.45, 7) is 1.95. The molecule has 1 unspecified atom stereocenters. The maximum atomic E-state index is 12.8. The fourth-order valence-electron chi connectivity index (χ4n) is 1.64. The fraction of sp³-hybridized carbons (Fsp3) is 0.455. The number of alkyl halides is 3. The lowest BCUT2D eigenvalue weighted by molar-refractivity contribution is -0.384. The molecule has 1 aromatic rings. The van der Waals surface area contributed by atoms with Crippen molar-refractivity contribution in [2.75, 3.05) is 13.3 Å². The standard InChI is InChI=1S/C11H14F3N2O3P/c1-20(2,19)10(11(12,13)14)15-7-8-3-5-9(6-4-8)16(17)18/h3-6,10,15H,7H2,1-2H3. The van der Waals surface area contributed by atoms with E-state index < -0.39 is 24.0 Å². The molecule has 0 fully saturated rings. The Morgan fingerprint density at radius 1 is 1.30 bits per heavy atom. The van der Waals surface area contributed by atoms with Gasteiger partial charge in [0, 0.05) is 18.7 Å². The van der Waals surface area contributed by atoms with Crippen molar-refractivity contribution in [3.05, 3.63) is 39.9 Å². The number of nitrogens with zero attached hydrogens (tertiary/aromatic N) is 1. The van der Waals surface area contributed by atoms with E-state index >= 15 is 0 Å². The predicted octanol–water partition coefficient (Wildman–Crippen LogP) is 3.20. The topological polar surface area (TPSA) is 72.2 Å². The zero-order valence-electron chi connectivity index (χ0n) is 10.8. The van der Waals surface area contributed by atoms with Crippen LogP contribution < -0.4 is 5.32 Å². The van der Waals surface area contributed by atoms with Crippen LogP contribution in [0.1, 0.15) is 5.56 Å². The van der Waals surface area contributed by atoms with Gasteiger partial charge in [0.15, 0.2) is 5.78 Å². The number of nitro groups is 1. The minimum absolute atomic E-state index is 0.141. The highest BCUT2D eigenvalue weighted by Crippen LogP contribution is 2.48. The van der Waals surface area contributed by atoms with Crippen LogP contribution in [0.3, 0.4) is 0 Å². The summed E-state index contributed by atoms with van der Waals surface area (Å²) in [5.74, 6) is -2.09. The average molecular weight is 310 g/mol. The van der Waals surface area contributed by atoms with Gasteiger partial charge in [0.1, 0.15) is 7.14 Å². The van der Waals surface area contributed by atoms with Crippen LogP contribution in [0, 0.1) is 10.1 Å². The summed E-state index contributed by atoms with van der Waals surface area (Å²) in [7, 11) is -3.40. The second kappa shape index (κ2) is 5.93. The van der Waals surface area contributed by atoms with Gasteiger partial charge >= 0.3 is 6.18 Å². The van der Waals surface area contributed by atoms with Crippen molar-refractivity contribution >= 4 is 12.8 Å². The van der Waals surface area contributed by atoms with E-state index in [4.69, 9.17) is 0 Å². The Balaban J connectivity index is 2.78. The van der Waals surface area contributed by atoms with Crippen molar-refractivity contribution in [3.63, 3.8) is 0 Å². The van der Waals surface area contributed by atoms with Gasteiger partial charge in [-0.2, -0.15) is 13.2 Å². The van der Waals surface area contributed by atoms with Gasteiger partial charge < -0.3 is 4.57 Å². The fourth-order valence-corrected chi connectivity index (χ4v) is 2.87. The molecule has 1 N–H and O–H groups in total. The van der Waals surface area contributed by atoms with Crippen LogP contribution >= 0.6 is 7.14 Å². The van der Waals surface area contributed by atoms with Gasteiger partial charge in [-0.15, -0.1) is 0 Å². The van der Waals surface area contributed by atoms with Gasteiger partial charge in [-0.05, 0) is 18.9 Å². The van der Waals surface area contributed by atoms with Gasteiger partial charge in [-0.1, -0.05) is 12.1 Å². The van der Waals surface area contributed by atoms with Gasteiger partial charge in [0.25, 0.3) is 5.69 Å². The highest BCUT2D eigenvalue weighted by molar-refractivity contribution is 7.63. The number of nitrogens with one attached hydrogen (secondary N) is 1. The Kier molecular flexibility index (Phi) is 4.94. The number of benzene rings is 1. The molecule has 0 amide bonds. The minimum Gasteiger partial charge on any atom is -0.322 e. The lowest BCUT2D eigenvalue weighted by Gasteiger charge is -2.25. The lowest BCUT2D eigenvalue weighted by atomic mass is 10.2. The third-order valence-electron chi connectivity index (χ3n) is 2.58. The van der Waals surface area contributed by atoms with Crippen LogP contribution in [-0.4, -0.2) is 30.2 Å². The van der Waals surface area contributed by atoms with Crippen molar-refractivity contribution in [2.45, 2.75) is 18.5 Å². The average Bonchev–Trinajstić information content (AvgIpc) is 2.26. The SMILES string of the molecule is CP(C)(=O)C(NCc1ccc([N+](=O)[O-])cc1)C(F)(F)F. The maximum Gasteiger partial charge on any atom is 0.410 e. The molecule has 0 aliphatic rings. The normalized spacial score (nSPS) is 14.1. The lowest BCUT2D eigenvalue weighted by Crippen LogP contribution is -2.41. The minimum atomic E-state index is -4.61. The van der Waals surface area contributed by atoms with E-state index in [2.05, 4.69) is 5.32 Å². The summed E-state index contributed by atoms with van der Waals surface area (Å²) in [4.78, 5) is 9.85. The third kappa shape index (κ3) is 4.61. The molecule has 0 heterocycles. The van der Waals surface area contributed by atoms with E-state index in [1.54, 1.807) is 0 Å². The van der Waals surface area contributed by atoms with E-state index in [9.17, 15) is 27.9 Å². The molecule has 112 valence electrons. The molecule has 1 aromatic carbocycles. The number of nitro benzene ring substituents is 1. The molecule has 1 rings (SSSR count). The molecule has 0 bridgehead atoms. The van der Waals surface area contributed by atoms with Gasteiger partial charge in [0.2, 0.25) is 0 Å². The van der Waals surface area contributed by atoms with E-state index in [1.807, 2.05) is 0 Å². The summed E-state index contributed by atoms with van der Waals surface area (Å²) >= 11 is 0. The number of hydrogen-bond donors (Lipinski definition) is 1. The molecule has 1 atom stereocenters. The highest BCUT2D eigenvalue weighted by atomic mass is 31.2. The van der Waals surface area contributed by atoms with Gasteiger partial charge in [-0.25, -0.2) is 0 Å². The van der Waals surface area contributed by atoms with Crippen LogP contribution in [0.4, 0.5) is 18.9 Å². The number of rotatable bonds is 5. The molecule has 0 spiro atoms. The number of non-ortho nitro benzene ring substituents is 1. The summed E-state index contributed by atoms with van der Waals surface area (Å²) in [6.07, 6.45) is -4.61. The van der Waals surface area contributed by atoms with E-state index in [1.165, 1.54) is 24.3 Å². The van der Waals surface area contributed by atoms with Crippen LogP contribution in [0.5, 0.6) is 0 Å². The molecule has 0 saturated carbocycles. The second-order valence-corrected chi connectivity index (χ2v) is 8.07. The van der Waals surface area contributed by atoms with Crippen LogP contribution in [-0.2, 0) is 11.1 Å². The summed E-state index contributed by atoms with van der Waals surface area (Å²) in [6, 6.07) is 5.12. The van der Waals surface area contributed by atoms with Crippen LogP contribution in [0.15, 0.2) is 24.3 Å². The zero-order valence-corrected chi connectivity index (χ0v) is 11.7. The molecule has 0 aromatic heterocycles. The molecule has 0 aliphatic carbocycles. The quantitative estimate of drug-likeness (QED) is 0.515. The summed E-state index contributed by atoms with van der Waals surface area (Å²) in [5.41, 5.74) is 0.302. The first-order valence-corrected chi connectivity index (χ1v) is 8.27. The largest absolute Gasteiger partial charge is 0.410 e. The zero-order chi connectivity index (χ0) is 15.6. The Bertz CT molecular complexity index is 525. The third-order valence-corrected chi connectivity index (χ3v) is 4.30. The summed E-state index contributed by atoms with van der Waals surface area (Å²) < 4.78 is 49.9. The Labute approximate surface area is 113 Å². The molecule has 0 aliphatic heterocycles. The van der Waals surface area contributed by atoms with Gasteiger partial charge in [0.05, 0.1) is 4.92 Å². The highest BCUT2D eigenvalue weighted by Gasteiger charge is 2.46. The molecular weight excluding hydrogens is 296 g/mol. The first-order chi connectivity index (χ1) is 9.01. The predicted molar refractivity (Wildman–Crippen MR) is 69.2 cm³/mol. The summed E-state index contributed by atoms with van der Waals surface area (Å²) in [5, 5.41) is 12.7. The van der Waals surface area contributed by atoms with Crippen LogP contribution in [0.25, 0.3) is 0 Å². The Morgan fingerprint density at radius 2 is 1.80 bits per heavy atom. The molecule has 20 heavy (non-hydrogen) atoms. The Hall–Kier alpha value is -1.40. The molecule has 0 saturated heterocycles. The number of halogens is 3. The van der Waals surface area contributed by atoms with Gasteiger partial charge in [-0.3, -0.25) is 15.4 Å². The molecular formula is C11H14F3N2O3P. The molecule has 5 nitrogen and oxygen atoms in total. The first kappa shape index (κ1) is 16.7. The monoisotopic (exact) mass is 310 g/mol. The van der Waals surface area contributed by atoms with E-state index in [-0.39, 0.29) is 12.2 Å². The first-order valence-electron chi connectivity index (χ1n) is 5.60. The van der Waals surface area contributed by atoms with Crippen molar-refractivity contribution in [3.8, 4) is 0 Å². The van der Waals surface area contributed by atoms with Crippen molar-refractivity contribution in [1.82, 2.24) is 5.32 Å². The maximum absolute atomic E-state index is 12.8. The van der Waals surface area contributed by atoms with E-state index in [0.29, 0.717) is 5.56 Å². The van der Waals surface area contributed by atoms with Crippen molar-refractivity contribution in [1.29, 1.82) is 0 Å². The smallest absolute Gasteiger partial charge is 0.322 e. The van der Waals surface area contributed by atoms with E-state index in [0.717, 1.165) is 13.3 Å². The molecule has 0 radical (unpaired) electrons. The van der Waals surface area contributed by atoms with Crippen molar-refractivity contribution in [2.24, 2.45) is 0 Å². The Morgan fingerprint density at radius 3 is 2.15 bits per heavy atom. The molecule has 9 heteroatoms.